The number of oxime groups is 1. The van der Waals surface area contributed by atoms with Gasteiger partial charge in [-0.2, -0.15) is 0 Å². The molecule has 5 heteroatoms. The number of amidine groups is 1. The molecule has 1 aromatic carbocycles. The van der Waals surface area contributed by atoms with Crippen molar-refractivity contribution in [3.05, 3.63) is 34.3 Å². The number of nitrogens with two attached hydrogens (primary N) is 1. The van der Waals surface area contributed by atoms with Crippen LogP contribution in [0.3, 0.4) is 0 Å². The highest BCUT2D eigenvalue weighted by molar-refractivity contribution is 6.31. The Hall–Kier alpha value is -1.26. The zero-order valence-electron chi connectivity index (χ0n) is 11.8. The van der Waals surface area contributed by atoms with Gasteiger partial charge in [-0.1, -0.05) is 42.2 Å². The fraction of sp³-hybridized carbons (Fsp3) is 0.533. The summed E-state index contributed by atoms with van der Waals surface area (Å²) in [4.78, 5) is 2.51. The lowest BCUT2D eigenvalue weighted by molar-refractivity contribution is 0.136. The van der Waals surface area contributed by atoms with Crippen molar-refractivity contribution in [1.82, 2.24) is 4.90 Å². The molecule has 1 heterocycles. The van der Waals surface area contributed by atoms with E-state index in [1.54, 1.807) is 6.07 Å². The molecule has 110 valence electrons. The number of piperidine rings is 1. The number of hydrogen-bond acceptors (Lipinski definition) is 3. The molecule has 1 aromatic rings. The van der Waals surface area contributed by atoms with Crippen molar-refractivity contribution in [3.63, 3.8) is 0 Å². The normalized spacial score (nSPS) is 21.1. The molecule has 1 aliphatic heterocycles. The van der Waals surface area contributed by atoms with Crippen LogP contribution in [0.2, 0.25) is 5.02 Å². The number of benzene rings is 1. The van der Waals surface area contributed by atoms with Gasteiger partial charge in [0, 0.05) is 23.2 Å². The Morgan fingerprint density at radius 1 is 1.50 bits per heavy atom. The molecule has 0 aromatic heterocycles. The summed E-state index contributed by atoms with van der Waals surface area (Å²) in [5, 5.41) is 12.4. The Morgan fingerprint density at radius 3 is 2.95 bits per heavy atom. The molecule has 1 unspecified atom stereocenters. The SMILES string of the molecule is CCC1CCCCN1Cc1ccc(/C(N)=N/O)cc1Cl. The summed E-state index contributed by atoms with van der Waals surface area (Å²) in [6.07, 6.45) is 5.04. The number of nitrogens with zero attached hydrogens (tertiary/aromatic N) is 2. The van der Waals surface area contributed by atoms with E-state index in [-0.39, 0.29) is 5.84 Å². The molecule has 1 aliphatic rings. The van der Waals surface area contributed by atoms with E-state index in [0.717, 1.165) is 18.7 Å². The molecule has 20 heavy (non-hydrogen) atoms. The fourth-order valence-corrected chi connectivity index (χ4v) is 3.08. The number of likely N-dealkylation sites (tertiary alicyclic amines) is 1. The third-order valence-corrected chi connectivity index (χ3v) is 4.40. The third kappa shape index (κ3) is 3.44. The van der Waals surface area contributed by atoms with Crippen LogP contribution in [0.15, 0.2) is 23.4 Å². The average Bonchev–Trinajstić information content (AvgIpc) is 2.49. The molecular formula is C15H22ClN3O. The van der Waals surface area contributed by atoms with Gasteiger partial charge in [-0.25, -0.2) is 0 Å². The number of rotatable bonds is 4. The summed E-state index contributed by atoms with van der Waals surface area (Å²) >= 11 is 6.32. The maximum atomic E-state index is 8.69. The Labute approximate surface area is 125 Å². The summed E-state index contributed by atoms with van der Waals surface area (Å²) in [6.45, 7) is 4.25. The Morgan fingerprint density at radius 2 is 2.30 bits per heavy atom. The van der Waals surface area contributed by atoms with Crippen molar-refractivity contribution >= 4 is 17.4 Å². The van der Waals surface area contributed by atoms with Gasteiger partial charge >= 0.3 is 0 Å². The van der Waals surface area contributed by atoms with E-state index in [2.05, 4.69) is 17.0 Å². The molecule has 4 nitrogen and oxygen atoms in total. The second-order valence-electron chi connectivity index (χ2n) is 5.32. The van der Waals surface area contributed by atoms with Crippen LogP contribution in [0.1, 0.15) is 43.7 Å². The molecule has 1 fully saturated rings. The lowest BCUT2D eigenvalue weighted by Gasteiger charge is -2.35. The van der Waals surface area contributed by atoms with Gasteiger partial charge in [-0.05, 0) is 37.4 Å². The van der Waals surface area contributed by atoms with Gasteiger partial charge in [0.25, 0.3) is 0 Å². The van der Waals surface area contributed by atoms with Crippen LogP contribution in [-0.2, 0) is 6.54 Å². The average molecular weight is 296 g/mol. The monoisotopic (exact) mass is 295 g/mol. The molecule has 1 atom stereocenters. The second kappa shape index (κ2) is 6.95. The van der Waals surface area contributed by atoms with Crippen molar-refractivity contribution in [2.75, 3.05) is 6.54 Å². The van der Waals surface area contributed by atoms with Gasteiger partial charge in [0.15, 0.2) is 5.84 Å². The minimum atomic E-state index is 0.0860. The van der Waals surface area contributed by atoms with Crippen LogP contribution in [0.4, 0.5) is 0 Å². The highest BCUT2D eigenvalue weighted by Gasteiger charge is 2.21. The van der Waals surface area contributed by atoms with Gasteiger partial charge < -0.3 is 10.9 Å². The highest BCUT2D eigenvalue weighted by Crippen LogP contribution is 2.25. The molecule has 0 spiro atoms. The van der Waals surface area contributed by atoms with E-state index in [4.69, 9.17) is 22.5 Å². The topological polar surface area (TPSA) is 61.8 Å². The molecule has 0 radical (unpaired) electrons. The summed E-state index contributed by atoms with van der Waals surface area (Å²) in [5.41, 5.74) is 7.32. The predicted molar refractivity (Wildman–Crippen MR) is 82.3 cm³/mol. The molecule has 0 saturated carbocycles. The van der Waals surface area contributed by atoms with Gasteiger partial charge in [-0.3, -0.25) is 4.90 Å². The summed E-state index contributed by atoms with van der Waals surface area (Å²) in [5.74, 6) is 0.0860. The Bertz CT molecular complexity index is 490. The van der Waals surface area contributed by atoms with Crippen LogP contribution in [0.25, 0.3) is 0 Å². The van der Waals surface area contributed by atoms with Gasteiger partial charge in [0.1, 0.15) is 0 Å². The number of halogens is 1. The van der Waals surface area contributed by atoms with E-state index < -0.39 is 0 Å². The summed E-state index contributed by atoms with van der Waals surface area (Å²) < 4.78 is 0. The maximum Gasteiger partial charge on any atom is 0.170 e. The highest BCUT2D eigenvalue weighted by atomic mass is 35.5. The summed E-state index contributed by atoms with van der Waals surface area (Å²) in [6, 6.07) is 6.23. The predicted octanol–water partition coefficient (Wildman–Crippen LogP) is 3.20. The molecule has 0 aliphatic carbocycles. The molecular weight excluding hydrogens is 274 g/mol. The fourth-order valence-electron chi connectivity index (χ4n) is 2.84. The van der Waals surface area contributed by atoms with Crippen LogP contribution < -0.4 is 5.73 Å². The molecule has 2 rings (SSSR count). The van der Waals surface area contributed by atoms with Gasteiger partial charge in [0.2, 0.25) is 0 Å². The Balaban J connectivity index is 2.13. The lowest BCUT2D eigenvalue weighted by Crippen LogP contribution is -2.38. The van der Waals surface area contributed by atoms with E-state index in [9.17, 15) is 0 Å². The molecule has 1 saturated heterocycles. The second-order valence-corrected chi connectivity index (χ2v) is 5.73. The van der Waals surface area contributed by atoms with E-state index in [0.29, 0.717) is 16.6 Å². The van der Waals surface area contributed by atoms with Crippen molar-refractivity contribution in [1.29, 1.82) is 0 Å². The quantitative estimate of drug-likeness (QED) is 0.388. The van der Waals surface area contributed by atoms with Crippen molar-refractivity contribution in [2.24, 2.45) is 10.9 Å². The first-order valence-electron chi connectivity index (χ1n) is 7.16. The van der Waals surface area contributed by atoms with Gasteiger partial charge in [0.05, 0.1) is 0 Å². The van der Waals surface area contributed by atoms with Crippen LogP contribution in [-0.4, -0.2) is 28.5 Å². The largest absolute Gasteiger partial charge is 0.409 e. The minimum Gasteiger partial charge on any atom is -0.409 e. The minimum absolute atomic E-state index is 0.0860. The Kier molecular flexibility index (Phi) is 5.26. The zero-order valence-corrected chi connectivity index (χ0v) is 12.6. The van der Waals surface area contributed by atoms with Crippen LogP contribution in [0, 0.1) is 0 Å². The smallest absolute Gasteiger partial charge is 0.170 e. The first-order valence-corrected chi connectivity index (χ1v) is 7.54. The van der Waals surface area contributed by atoms with Crippen molar-refractivity contribution < 1.29 is 5.21 Å². The zero-order chi connectivity index (χ0) is 14.5. The van der Waals surface area contributed by atoms with Crippen LogP contribution in [0.5, 0.6) is 0 Å². The first kappa shape index (κ1) is 15.1. The van der Waals surface area contributed by atoms with Gasteiger partial charge in [-0.15, -0.1) is 0 Å². The first-order chi connectivity index (χ1) is 9.65. The van der Waals surface area contributed by atoms with E-state index in [1.807, 2.05) is 12.1 Å². The van der Waals surface area contributed by atoms with Crippen LogP contribution >= 0.6 is 11.6 Å². The van der Waals surface area contributed by atoms with Crippen molar-refractivity contribution in [3.8, 4) is 0 Å². The van der Waals surface area contributed by atoms with Crippen molar-refractivity contribution in [2.45, 2.75) is 45.2 Å². The third-order valence-electron chi connectivity index (χ3n) is 4.05. The summed E-state index contributed by atoms with van der Waals surface area (Å²) in [7, 11) is 0. The maximum absolute atomic E-state index is 8.69. The lowest BCUT2D eigenvalue weighted by atomic mass is 9.99. The number of hydrogen-bond donors (Lipinski definition) is 2. The molecule has 0 bridgehead atoms. The molecule has 3 N–H and O–H groups in total. The van der Waals surface area contributed by atoms with E-state index in [1.165, 1.54) is 25.7 Å². The molecule has 0 amide bonds. The standard InChI is InChI=1S/C15H22ClN3O/c1-2-13-5-3-4-8-19(13)10-12-7-6-11(9-14(12)16)15(17)18-20/h6-7,9,13,20H,2-5,8,10H2,1H3,(H2,17,18). The van der Waals surface area contributed by atoms with E-state index >= 15 is 0 Å².